The van der Waals surface area contributed by atoms with Gasteiger partial charge in [0.1, 0.15) is 0 Å². The first-order chi connectivity index (χ1) is 8.88. The van der Waals surface area contributed by atoms with E-state index in [0.29, 0.717) is 4.90 Å². The second kappa shape index (κ2) is 6.83. The zero-order valence-corrected chi connectivity index (χ0v) is 13.6. The average Bonchev–Trinajstić information content (AvgIpc) is 2.69. The van der Waals surface area contributed by atoms with Crippen molar-refractivity contribution in [1.29, 1.82) is 0 Å². The first-order valence-corrected chi connectivity index (χ1v) is 8.83. The number of aliphatic hydroxyl groups is 1. The highest BCUT2D eigenvalue weighted by Gasteiger charge is 2.31. The number of aryl methyl sites for hydroxylation is 2. The van der Waals surface area contributed by atoms with Crippen LogP contribution in [0.1, 0.15) is 36.4 Å². The third-order valence-electron chi connectivity index (χ3n) is 3.25. The monoisotopic (exact) mass is 305 g/mol. The van der Waals surface area contributed by atoms with Gasteiger partial charge in [-0.2, -0.15) is 4.31 Å². The Balaban J connectivity index is 3.23. The molecule has 6 heteroatoms. The Morgan fingerprint density at radius 2 is 1.89 bits per heavy atom. The molecule has 0 radical (unpaired) electrons. The Kier molecular flexibility index (Phi) is 5.98. The molecule has 1 N–H and O–H groups in total. The van der Waals surface area contributed by atoms with Gasteiger partial charge in [-0.15, -0.1) is 11.3 Å². The van der Waals surface area contributed by atoms with Crippen LogP contribution in [0.4, 0.5) is 0 Å². The summed E-state index contributed by atoms with van der Waals surface area (Å²) in [4.78, 5) is 2.19. The van der Waals surface area contributed by atoms with E-state index in [0.717, 1.165) is 22.6 Å². The second-order valence-corrected chi connectivity index (χ2v) is 7.91. The van der Waals surface area contributed by atoms with Gasteiger partial charge >= 0.3 is 0 Å². The van der Waals surface area contributed by atoms with Crippen molar-refractivity contribution in [2.75, 3.05) is 13.2 Å². The summed E-state index contributed by atoms with van der Waals surface area (Å²) in [5.74, 6) is 0. The Labute approximate surface area is 120 Å². The molecule has 0 saturated heterocycles. The lowest BCUT2D eigenvalue weighted by molar-refractivity contribution is 0.219. The first kappa shape index (κ1) is 16.6. The van der Waals surface area contributed by atoms with Crippen LogP contribution in [-0.4, -0.2) is 37.0 Å². The molecule has 4 nitrogen and oxygen atoms in total. The van der Waals surface area contributed by atoms with Crippen LogP contribution in [0, 0.1) is 13.8 Å². The van der Waals surface area contributed by atoms with E-state index in [1.54, 1.807) is 6.07 Å². The van der Waals surface area contributed by atoms with E-state index in [1.165, 1.54) is 15.6 Å². The Morgan fingerprint density at radius 1 is 1.32 bits per heavy atom. The molecule has 0 bridgehead atoms. The van der Waals surface area contributed by atoms with Gasteiger partial charge in [0, 0.05) is 22.3 Å². The molecular weight excluding hydrogens is 282 g/mol. The maximum Gasteiger partial charge on any atom is 0.244 e. The maximum absolute atomic E-state index is 12.7. The molecule has 0 atom stereocenters. The lowest BCUT2D eigenvalue weighted by atomic mass is 10.2. The van der Waals surface area contributed by atoms with Crippen molar-refractivity contribution in [2.24, 2.45) is 0 Å². The van der Waals surface area contributed by atoms with Gasteiger partial charge in [-0.05, 0) is 32.8 Å². The minimum atomic E-state index is -3.51. The Morgan fingerprint density at radius 3 is 2.26 bits per heavy atom. The molecule has 110 valence electrons. The smallest absolute Gasteiger partial charge is 0.244 e. The van der Waals surface area contributed by atoms with Crippen molar-refractivity contribution in [2.45, 2.75) is 51.5 Å². The molecule has 1 aromatic rings. The fourth-order valence-corrected chi connectivity index (χ4v) is 5.57. The molecule has 0 amide bonds. The number of thiophene rings is 1. The lowest BCUT2D eigenvalue weighted by Gasteiger charge is -2.28. The molecule has 1 aromatic heterocycles. The first-order valence-electron chi connectivity index (χ1n) is 6.58. The van der Waals surface area contributed by atoms with Crippen molar-refractivity contribution >= 4 is 21.4 Å². The highest BCUT2D eigenvalue weighted by Crippen LogP contribution is 2.29. The van der Waals surface area contributed by atoms with Crippen LogP contribution in [0.2, 0.25) is 0 Å². The van der Waals surface area contributed by atoms with Gasteiger partial charge < -0.3 is 5.11 Å². The van der Waals surface area contributed by atoms with Crippen molar-refractivity contribution in [1.82, 2.24) is 4.31 Å². The molecule has 0 aliphatic heterocycles. The summed E-state index contributed by atoms with van der Waals surface area (Å²) in [6, 6.07) is 1.67. The van der Waals surface area contributed by atoms with Crippen LogP contribution < -0.4 is 0 Å². The van der Waals surface area contributed by atoms with Crippen LogP contribution in [0.3, 0.4) is 0 Å². The van der Waals surface area contributed by atoms with Crippen LogP contribution >= 0.6 is 11.3 Å². The molecule has 1 heterocycles. The van der Waals surface area contributed by atoms with Crippen molar-refractivity contribution in [3.8, 4) is 0 Å². The third-order valence-corrected chi connectivity index (χ3v) is 6.43. The lowest BCUT2D eigenvalue weighted by Crippen LogP contribution is -2.41. The average molecular weight is 305 g/mol. The van der Waals surface area contributed by atoms with Gasteiger partial charge in [-0.1, -0.05) is 13.8 Å². The number of hydrogen-bond acceptors (Lipinski definition) is 4. The summed E-state index contributed by atoms with van der Waals surface area (Å²) in [6.07, 6.45) is 1.50. The van der Waals surface area contributed by atoms with Crippen LogP contribution in [0.25, 0.3) is 0 Å². The Hall–Kier alpha value is -0.430. The van der Waals surface area contributed by atoms with E-state index < -0.39 is 10.0 Å². The minimum Gasteiger partial charge on any atom is -0.395 e. The number of hydrogen-bond donors (Lipinski definition) is 1. The summed E-state index contributed by atoms with van der Waals surface area (Å²) in [6.45, 7) is 7.68. The van der Waals surface area contributed by atoms with Gasteiger partial charge in [0.2, 0.25) is 10.0 Å². The molecule has 0 aromatic carbocycles. The zero-order valence-electron chi connectivity index (χ0n) is 12.0. The van der Waals surface area contributed by atoms with E-state index in [4.69, 9.17) is 5.11 Å². The van der Waals surface area contributed by atoms with E-state index >= 15 is 0 Å². The van der Waals surface area contributed by atoms with Crippen molar-refractivity contribution in [3.63, 3.8) is 0 Å². The zero-order chi connectivity index (χ0) is 14.6. The predicted octanol–water partition coefficient (Wildman–Crippen LogP) is 2.54. The molecule has 0 aliphatic carbocycles. The SMILES string of the molecule is CCC(CC)N(CCO)S(=O)(=O)c1cc(C)sc1C. The summed E-state index contributed by atoms with van der Waals surface area (Å²) in [5.41, 5.74) is 0. The van der Waals surface area contributed by atoms with Crippen LogP contribution in [0.15, 0.2) is 11.0 Å². The van der Waals surface area contributed by atoms with Gasteiger partial charge in [-0.25, -0.2) is 8.42 Å². The molecule has 1 rings (SSSR count). The number of rotatable bonds is 7. The minimum absolute atomic E-state index is 0.0586. The van der Waals surface area contributed by atoms with Crippen molar-refractivity contribution in [3.05, 3.63) is 15.8 Å². The summed E-state index contributed by atoms with van der Waals surface area (Å²) >= 11 is 1.49. The molecule has 0 spiro atoms. The van der Waals surface area contributed by atoms with Crippen LogP contribution in [0.5, 0.6) is 0 Å². The van der Waals surface area contributed by atoms with Crippen molar-refractivity contribution < 1.29 is 13.5 Å². The summed E-state index contributed by atoms with van der Waals surface area (Å²) in [5, 5.41) is 9.16. The summed E-state index contributed by atoms with van der Waals surface area (Å²) in [7, 11) is -3.51. The molecule has 0 fully saturated rings. The molecule has 0 aliphatic rings. The highest BCUT2D eigenvalue weighted by molar-refractivity contribution is 7.89. The topological polar surface area (TPSA) is 57.6 Å². The maximum atomic E-state index is 12.7. The largest absolute Gasteiger partial charge is 0.395 e. The fourth-order valence-electron chi connectivity index (χ4n) is 2.28. The third kappa shape index (κ3) is 3.56. The summed E-state index contributed by atoms with van der Waals surface area (Å²) < 4.78 is 26.9. The van der Waals surface area contributed by atoms with Gasteiger partial charge in [0.15, 0.2) is 0 Å². The van der Waals surface area contributed by atoms with Gasteiger partial charge in [-0.3, -0.25) is 0 Å². The number of nitrogens with zero attached hydrogens (tertiary/aromatic N) is 1. The molecule has 0 unspecified atom stereocenters. The quantitative estimate of drug-likeness (QED) is 0.842. The molecule has 19 heavy (non-hydrogen) atoms. The standard InChI is InChI=1S/C13H23NO3S2/c1-5-12(6-2)14(7-8-15)19(16,17)13-9-10(3)18-11(13)4/h9,12,15H,5-8H2,1-4H3. The molecule has 0 saturated carbocycles. The number of aliphatic hydroxyl groups excluding tert-OH is 1. The van der Waals surface area contributed by atoms with E-state index in [9.17, 15) is 8.42 Å². The van der Waals surface area contributed by atoms with Gasteiger partial charge in [0.05, 0.1) is 11.5 Å². The van der Waals surface area contributed by atoms with E-state index in [-0.39, 0.29) is 19.2 Å². The van der Waals surface area contributed by atoms with E-state index in [2.05, 4.69) is 0 Å². The highest BCUT2D eigenvalue weighted by atomic mass is 32.2. The second-order valence-electron chi connectivity index (χ2n) is 4.59. The van der Waals surface area contributed by atoms with Gasteiger partial charge in [0.25, 0.3) is 0 Å². The van der Waals surface area contributed by atoms with E-state index in [1.807, 2.05) is 27.7 Å². The normalized spacial score (nSPS) is 12.6. The number of sulfonamides is 1. The fraction of sp³-hybridized carbons (Fsp3) is 0.692. The molecular formula is C13H23NO3S2. The van der Waals surface area contributed by atoms with Crippen LogP contribution in [-0.2, 0) is 10.0 Å². The predicted molar refractivity (Wildman–Crippen MR) is 79.1 cm³/mol. The Bertz CT molecular complexity index is 504.